The number of rotatable bonds is 8. The van der Waals surface area contributed by atoms with Gasteiger partial charge in [0.1, 0.15) is 0 Å². The summed E-state index contributed by atoms with van der Waals surface area (Å²) < 4.78 is 0. The Balaban J connectivity index is 2.50. The minimum Gasteiger partial charge on any atom is -0.389 e. The molecule has 0 aliphatic heterocycles. The highest BCUT2D eigenvalue weighted by molar-refractivity contribution is 5.77. The van der Waals surface area contributed by atoms with Crippen LogP contribution in [-0.2, 0) is 11.3 Å². The molecule has 2 N–H and O–H groups in total. The maximum Gasteiger partial charge on any atom is 0.223 e. The van der Waals surface area contributed by atoms with Gasteiger partial charge in [0.2, 0.25) is 5.91 Å². The SMILES string of the molecule is CCCC(O)(CCC)CC(=O)NCc1ccc(C#N)cc1. The normalized spacial score (nSPS) is 11.0. The Morgan fingerprint density at radius 2 is 1.81 bits per heavy atom. The predicted molar refractivity (Wildman–Crippen MR) is 82.4 cm³/mol. The molecule has 1 amide bonds. The van der Waals surface area contributed by atoms with Crippen LogP contribution in [0.1, 0.15) is 57.1 Å². The average Bonchev–Trinajstić information content (AvgIpc) is 2.46. The molecule has 4 heteroatoms. The fourth-order valence-electron chi connectivity index (χ4n) is 2.49. The van der Waals surface area contributed by atoms with Crippen molar-refractivity contribution in [3.8, 4) is 6.07 Å². The van der Waals surface area contributed by atoms with E-state index in [2.05, 4.69) is 11.4 Å². The van der Waals surface area contributed by atoms with Gasteiger partial charge in [0.15, 0.2) is 0 Å². The van der Waals surface area contributed by atoms with Gasteiger partial charge in [-0.3, -0.25) is 4.79 Å². The predicted octanol–water partition coefficient (Wildman–Crippen LogP) is 2.90. The molecule has 0 saturated heterocycles. The average molecular weight is 288 g/mol. The molecule has 0 heterocycles. The lowest BCUT2D eigenvalue weighted by Gasteiger charge is -2.26. The molecule has 114 valence electrons. The van der Waals surface area contributed by atoms with Gasteiger partial charge in [-0.15, -0.1) is 0 Å². The first-order valence-corrected chi connectivity index (χ1v) is 7.51. The summed E-state index contributed by atoms with van der Waals surface area (Å²) in [5.41, 5.74) is 0.653. The summed E-state index contributed by atoms with van der Waals surface area (Å²) in [5, 5.41) is 22.0. The number of aliphatic hydroxyl groups is 1. The second-order valence-electron chi connectivity index (χ2n) is 5.49. The Labute approximate surface area is 126 Å². The van der Waals surface area contributed by atoms with Crippen molar-refractivity contribution in [3.63, 3.8) is 0 Å². The van der Waals surface area contributed by atoms with E-state index in [-0.39, 0.29) is 12.3 Å². The Kier molecular flexibility index (Phi) is 6.90. The fraction of sp³-hybridized carbons (Fsp3) is 0.529. The molecule has 0 unspecified atom stereocenters. The van der Waals surface area contributed by atoms with Crippen LogP contribution in [0.4, 0.5) is 0 Å². The highest BCUT2D eigenvalue weighted by Crippen LogP contribution is 2.23. The Morgan fingerprint density at radius 3 is 2.29 bits per heavy atom. The largest absolute Gasteiger partial charge is 0.389 e. The molecule has 0 atom stereocenters. The molecule has 0 spiro atoms. The standard InChI is InChI=1S/C17H24N2O2/c1-3-9-17(21,10-4-2)11-16(20)19-13-15-7-5-14(12-18)6-8-15/h5-8,21H,3-4,9-11,13H2,1-2H3,(H,19,20). The van der Waals surface area contributed by atoms with Crippen LogP contribution in [-0.4, -0.2) is 16.6 Å². The quantitative estimate of drug-likeness (QED) is 0.772. The zero-order valence-electron chi connectivity index (χ0n) is 12.9. The van der Waals surface area contributed by atoms with Crippen molar-refractivity contribution in [1.29, 1.82) is 5.26 Å². The summed E-state index contributed by atoms with van der Waals surface area (Å²) in [6.07, 6.45) is 3.15. The van der Waals surface area contributed by atoms with Crippen LogP contribution in [0.5, 0.6) is 0 Å². The molecule has 0 aromatic heterocycles. The Bertz CT molecular complexity index is 483. The van der Waals surface area contributed by atoms with Gasteiger partial charge in [-0.05, 0) is 30.5 Å². The first-order chi connectivity index (χ1) is 10.0. The molecule has 0 saturated carbocycles. The molecule has 0 fully saturated rings. The minimum absolute atomic E-state index is 0.135. The number of carbonyl (C=O) groups excluding carboxylic acids is 1. The van der Waals surface area contributed by atoms with Gasteiger partial charge in [0.05, 0.1) is 23.7 Å². The lowest BCUT2D eigenvalue weighted by Crippen LogP contribution is -2.36. The molecule has 0 bridgehead atoms. The number of hydrogen-bond acceptors (Lipinski definition) is 3. The van der Waals surface area contributed by atoms with Crippen LogP contribution in [0, 0.1) is 11.3 Å². The van der Waals surface area contributed by atoms with E-state index in [1.54, 1.807) is 12.1 Å². The molecule has 4 nitrogen and oxygen atoms in total. The van der Waals surface area contributed by atoms with Crippen molar-refractivity contribution in [3.05, 3.63) is 35.4 Å². The second-order valence-corrected chi connectivity index (χ2v) is 5.49. The van der Waals surface area contributed by atoms with Crippen LogP contribution in [0.15, 0.2) is 24.3 Å². The maximum atomic E-state index is 12.0. The van der Waals surface area contributed by atoms with Gasteiger partial charge in [-0.1, -0.05) is 38.8 Å². The summed E-state index contributed by atoms with van der Waals surface area (Å²) in [4.78, 5) is 12.0. The summed E-state index contributed by atoms with van der Waals surface area (Å²) in [5.74, 6) is -0.135. The third-order valence-corrected chi connectivity index (χ3v) is 3.49. The first-order valence-electron chi connectivity index (χ1n) is 7.51. The Hall–Kier alpha value is -1.86. The van der Waals surface area contributed by atoms with E-state index < -0.39 is 5.60 Å². The lowest BCUT2D eigenvalue weighted by molar-refractivity contribution is -0.126. The zero-order valence-corrected chi connectivity index (χ0v) is 12.9. The molecular formula is C17H24N2O2. The van der Waals surface area contributed by atoms with Crippen LogP contribution in [0.2, 0.25) is 0 Å². The number of nitrogens with zero attached hydrogens (tertiary/aromatic N) is 1. The zero-order chi connectivity index (χ0) is 15.7. The first kappa shape index (κ1) is 17.2. The van der Waals surface area contributed by atoms with E-state index in [0.29, 0.717) is 24.9 Å². The van der Waals surface area contributed by atoms with Crippen molar-refractivity contribution in [2.75, 3.05) is 0 Å². The van der Waals surface area contributed by atoms with E-state index in [4.69, 9.17) is 5.26 Å². The molecule has 1 aromatic rings. The molecule has 1 rings (SSSR count). The Morgan fingerprint density at radius 1 is 1.24 bits per heavy atom. The van der Waals surface area contributed by atoms with Gasteiger partial charge in [-0.25, -0.2) is 0 Å². The van der Waals surface area contributed by atoms with Gasteiger partial charge in [0.25, 0.3) is 0 Å². The van der Waals surface area contributed by atoms with Crippen LogP contribution >= 0.6 is 0 Å². The number of amides is 1. The molecule has 1 aromatic carbocycles. The van der Waals surface area contributed by atoms with Crippen molar-refractivity contribution >= 4 is 5.91 Å². The smallest absolute Gasteiger partial charge is 0.223 e. The summed E-state index contributed by atoms with van der Waals surface area (Å²) >= 11 is 0. The number of carbonyl (C=O) groups is 1. The third kappa shape index (κ3) is 5.97. The van der Waals surface area contributed by atoms with Crippen molar-refractivity contribution in [2.24, 2.45) is 0 Å². The van der Waals surface area contributed by atoms with Gasteiger partial charge >= 0.3 is 0 Å². The summed E-state index contributed by atoms with van der Waals surface area (Å²) in [7, 11) is 0. The number of hydrogen-bond donors (Lipinski definition) is 2. The molecule has 0 radical (unpaired) electrons. The van der Waals surface area contributed by atoms with Crippen LogP contribution in [0.25, 0.3) is 0 Å². The molecular weight excluding hydrogens is 264 g/mol. The van der Waals surface area contributed by atoms with E-state index in [9.17, 15) is 9.90 Å². The maximum absolute atomic E-state index is 12.0. The van der Waals surface area contributed by atoms with E-state index in [1.807, 2.05) is 26.0 Å². The highest BCUT2D eigenvalue weighted by atomic mass is 16.3. The number of benzene rings is 1. The number of nitriles is 1. The van der Waals surface area contributed by atoms with Gasteiger partial charge in [0, 0.05) is 6.54 Å². The summed E-state index contributed by atoms with van der Waals surface area (Å²) in [6.45, 7) is 4.43. The van der Waals surface area contributed by atoms with Gasteiger partial charge < -0.3 is 10.4 Å². The van der Waals surface area contributed by atoms with E-state index >= 15 is 0 Å². The molecule has 21 heavy (non-hydrogen) atoms. The summed E-state index contributed by atoms with van der Waals surface area (Å²) in [6, 6.07) is 9.16. The number of nitrogens with one attached hydrogen (secondary N) is 1. The highest BCUT2D eigenvalue weighted by Gasteiger charge is 2.27. The van der Waals surface area contributed by atoms with E-state index in [1.165, 1.54) is 0 Å². The van der Waals surface area contributed by atoms with Crippen molar-refractivity contribution in [2.45, 2.75) is 58.1 Å². The lowest BCUT2D eigenvalue weighted by atomic mass is 9.89. The van der Waals surface area contributed by atoms with E-state index in [0.717, 1.165) is 18.4 Å². The van der Waals surface area contributed by atoms with Crippen molar-refractivity contribution < 1.29 is 9.90 Å². The van der Waals surface area contributed by atoms with Crippen LogP contribution in [0.3, 0.4) is 0 Å². The third-order valence-electron chi connectivity index (χ3n) is 3.49. The second kappa shape index (κ2) is 8.43. The monoisotopic (exact) mass is 288 g/mol. The van der Waals surface area contributed by atoms with Gasteiger partial charge in [-0.2, -0.15) is 5.26 Å². The minimum atomic E-state index is -0.891. The van der Waals surface area contributed by atoms with Crippen LogP contribution < -0.4 is 5.32 Å². The molecule has 0 aliphatic carbocycles. The molecule has 0 aliphatic rings. The fourth-order valence-corrected chi connectivity index (χ4v) is 2.49. The van der Waals surface area contributed by atoms with Crippen molar-refractivity contribution in [1.82, 2.24) is 5.32 Å². The topological polar surface area (TPSA) is 73.1 Å².